The van der Waals surface area contributed by atoms with Crippen LogP contribution in [0.5, 0.6) is 5.75 Å². The van der Waals surface area contributed by atoms with E-state index < -0.39 is 5.82 Å². The minimum absolute atomic E-state index is 0.0890. The Morgan fingerprint density at radius 2 is 2.37 bits per heavy atom. The van der Waals surface area contributed by atoms with Crippen molar-refractivity contribution in [1.82, 2.24) is 4.90 Å². The molecule has 1 heterocycles. The van der Waals surface area contributed by atoms with Gasteiger partial charge >= 0.3 is 0 Å². The predicted octanol–water partition coefficient (Wildman–Crippen LogP) is 1.77. The van der Waals surface area contributed by atoms with Crippen LogP contribution < -0.4 is 10.5 Å². The molecule has 1 amide bonds. The molecule has 0 bridgehead atoms. The van der Waals surface area contributed by atoms with Crippen LogP contribution in [0.15, 0.2) is 22.7 Å². The molecule has 1 fully saturated rings. The summed E-state index contributed by atoms with van der Waals surface area (Å²) in [6.45, 7) is 1.82. The molecule has 1 aliphatic rings. The minimum atomic E-state index is -0.483. The van der Waals surface area contributed by atoms with Gasteiger partial charge in [0.1, 0.15) is 0 Å². The van der Waals surface area contributed by atoms with Gasteiger partial charge < -0.3 is 15.4 Å². The Labute approximate surface area is 119 Å². The van der Waals surface area contributed by atoms with Crippen LogP contribution in [-0.2, 0) is 4.79 Å². The molecular weight excluding hydrogens is 315 g/mol. The van der Waals surface area contributed by atoms with Gasteiger partial charge in [-0.15, -0.1) is 0 Å². The fraction of sp³-hybridized carbons (Fsp3) is 0.462. The SMILES string of the molecule is NC[C@H]1CCN(C(=O)COc2ccc(Br)cc2F)C1. The first-order valence-corrected chi connectivity index (χ1v) is 6.95. The summed E-state index contributed by atoms with van der Waals surface area (Å²) < 4.78 is 19.3. The summed E-state index contributed by atoms with van der Waals surface area (Å²) in [6, 6.07) is 4.47. The largest absolute Gasteiger partial charge is 0.481 e. The zero-order valence-electron chi connectivity index (χ0n) is 10.4. The van der Waals surface area contributed by atoms with Crippen LogP contribution in [0.3, 0.4) is 0 Å². The summed E-state index contributed by atoms with van der Waals surface area (Å²) in [5, 5.41) is 0. The third-order valence-corrected chi connectivity index (χ3v) is 3.71. The maximum Gasteiger partial charge on any atom is 0.260 e. The van der Waals surface area contributed by atoms with Crippen molar-refractivity contribution in [1.29, 1.82) is 0 Å². The number of amides is 1. The van der Waals surface area contributed by atoms with E-state index in [0.717, 1.165) is 6.42 Å². The van der Waals surface area contributed by atoms with Crippen molar-refractivity contribution in [3.05, 3.63) is 28.5 Å². The van der Waals surface area contributed by atoms with Crippen LogP contribution >= 0.6 is 15.9 Å². The quantitative estimate of drug-likeness (QED) is 0.915. The van der Waals surface area contributed by atoms with E-state index in [2.05, 4.69) is 15.9 Å². The Morgan fingerprint density at radius 1 is 1.58 bits per heavy atom. The fourth-order valence-electron chi connectivity index (χ4n) is 2.07. The van der Waals surface area contributed by atoms with Crippen molar-refractivity contribution >= 4 is 21.8 Å². The standard InChI is InChI=1S/C13H16BrFN2O2/c14-10-1-2-12(11(15)5-10)19-8-13(18)17-4-3-9(6-16)7-17/h1-2,5,9H,3-4,6-8,16H2/t9-/m1/s1. The fourth-order valence-corrected chi connectivity index (χ4v) is 2.41. The lowest BCUT2D eigenvalue weighted by Gasteiger charge is -2.16. The lowest BCUT2D eigenvalue weighted by Crippen LogP contribution is -2.33. The van der Waals surface area contributed by atoms with E-state index in [1.807, 2.05) is 0 Å². The van der Waals surface area contributed by atoms with Gasteiger partial charge in [0.15, 0.2) is 18.2 Å². The van der Waals surface area contributed by atoms with E-state index in [0.29, 0.717) is 30.0 Å². The molecule has 6 heteroatoms. The summed E-state index contributed by atoms with van der Waals surface area (Å²) in [6.07, 6.45) is 0.925. The Morgan fingerprint density at radius 3 is 3.00 bits per heavy atom. The van der Waals surface area contributed by atoms with E-state index in [-0.39, 0.29) is 18.3 Å². The molecule has 2 rings (SSSR count). The molecule has 4 nitrogen and oxygen atoms in total. The molecule has 1 aromatic rings. The summed E-state index contributed by atoms with van der Waals surface area (Å²) in [4.78, 5) is 13.6. The normalized spacial score (nSPS) is 18.7. The number of likely N-dealkylation sites (tertiary alicyclic amines) is 1. The number of nitrogens with two attached hydrogens (primary N) is 1. The van der Waals surface area contributed by atoms with Gasteiger partial charge in [0.25, 0.3) is 5.91 Å². The first kappa shape index (κ1) is 14.3. The highest BCUT2D eigenvalue weighted by Crippen LogP contribution is 2.22. The molecule has 0 unspecified atom stereocenters. The zero-order chi connectivity index (χ0) is 13.8. The summed E-state index contributed by atoms with van der Waals surface area (Å²) in [5.74, 6) is -0.152. The van der Waals surface area contributed by atoms with Gasteiger partial charge in [0, 0.05) is 17.6 Å². The van der Waals surface area contributed by atoms with Gasteiger partial charge in [-0.3, -0.25) is 4.79 Å². The smallest absolute Gasteiger partial charge is 0.260 e. The maximum atomic E-state index is 13.5. The van der Waals surface area contributed by atoms with Crippen LogP contribution in [0, 0.1) is 11.7 Å². The van der Waals surface area contributed by atoms with Gasteiger partial charge in [-0.1, -0.05) is 15.9 Å². The second-order valence-electron chi connectivity index (χ2n) is 4.59. The van der Waals surface area contributed by atoms with E-state index in [1.165, 1.54) is 12.1 Å². The highest BCUT2D eigenvalue weighted by Gasteiger charge is 2.25. The summed E-state index contributed by atoms with van der Waals surface area (Å²) >= 11 is 3.16. The number of carbonyl (C=O) groups is 1. The molecule has 2 N–H and O–H groups in total. The van der Waals surface area contributed by atoms with Crippen LogP contribution in [0.25, 0.3) is 0 Å². The first-order chi connectivity index (χ1) is 9.10. The maximum absolute atomic E-state index is 13.5. The van der Waals surface area contributed by atoms with Crippen molar-refractivity contribution < 1.29 is 13.9 Å². The van der Waals surface area contributed by atoms with E-state index in [1.54, 1.807) is 11.0 Å². The van der Waals surface area contributed by atoms with Gasteiger partial charge in [-0.2, -0.15) is 0 Å². The van der Waals surface area contributed by atoms with Crippen LogP contribution in [0.4, 0.5) is 4.39 Å². The Balaban J connectivity index is 1.87. The molecule has 104 valence electrons. The molecule has 1 aliphatic heterocycles. The van der Waals surface area contributed by atoms with Crippen LogP contribution in [0.1, 0.15) is 6.42 Å². The van der Waals surface area contributed by atoms with E-state index in [9.17, 15) is 9.18 Å². The lowest BCUT2D eigenvalue weighted by molar-refractivity contribution is -0.132. The number of rotatable bonds is 4. The number of halogens is 2. The molecule has 1 atom stereocenters. The van der Waals surface area contributed by atoms with Crippen LogP contribution in [-0.4, -0.2) is 37.0 Å². The van der Waals surface area contributed by atoms with Crippen molar-refractivity contribution in [3.8, 4) is 5.75 Å². The summed E-state index contributed by atoms with van der Waals surface area (Å²) in [7, 11) is 0. The Kier molecular flexibility index (Phi) is 4.76. The molecule has 1 saturated heterocycles. The van der Waals surface area contributed by atoms with Crippen molar-refractivity contribution in [3.63, 3.8) is 0 Å². The van der Waals surface area contributed by atoms with Gasteiger partial charge in [-0.05, 0) is 37.1 Å². The average Bonchev–Trinajstić information content (AvgIpc) is 2.86. The van der Waals surface area contributed by atoms with Gasteiger partial charge in [0.05, 0.1) is 0 Å². The van der Waals surface area contributed by atoms with Gasteiger partial charge in [0.2, 0.25) is 0 Å². The summed E-state index contributed by atoms with van der Waals surface area (Å²) in [5.41, 5.74) is 5.57. The first-order valence-electron chi connectivity index (χ1n) is 6.16. The second kappa shape index (κ2) is 6.34. The van der Waals surface area contributed by atoms with E-state index in [4.69, 9.17) is 10.5 Å². The minimum Gasteiger partial charge on any atom is -0.481 e. The molecular formula is C13H16BrFN2O2. The third kappa shape index (κ3) is 3.67. The van der Waals surface area contributed by atoms with Crippen molar-refractivity contribution in [2.45, 2.75) is 6.42 Å². The molecule has 19 heavy (non-hydrogen) atoms. The lowest BCUT2D eigenvalue weighted by atomic mass is 10.1. The topological polar surface area (TPSA) is 55.6 Å². The number of hydrogen-bond donors (Lipinski definition) is 1. The molecule has 0 spiro atoms. The molecule has 0 aromatic heterocycles. The number of nitrogens with zero attached hydrogens (tertiary/aromatic N) is 1. The Bertz CT molecular complexity index is 470. The van der Waals surface area contributed by atoms with Crippen molar-refractivity contribution in [2.24, 2.45) is 11.7 Å². The molecule has 0 aliphatic carbocycles. The number of benzene rings is 1. The number of carbonyl (C=O) groups excluding carboxylic acids is 1. The predicted molar refractivity (Wildman–Crippen MR) is 73.3 cm³/mol. The monoisotopic (exact) mass is 330 g/mol. The molecule has 0 radical (unpaired) electrons. The molecule has 0 saturated carbocycles. The number of hydrogen-bond acceptors (Lipinski definition) is 3. The van der Waals surface area contributed by atoms with Crippen LogP contribution in [0.2, 0.25) is 0 Å². The highest BCUT2D eigenvalue weighted by atomic mass is 79.9. The number of ether oxygens (including phenoxy) is 1. The Hall–Kier alpha value is -1.14. The molecule has 1 aromatic carbocycles. The van der Waals surface area contributed by atoms with Crippen molar-refractivity contribution in [2.75, 3.05) is 26.2 Å². The van der Waals surface area contributed by atoms with Gasteiger partial charge in [-0.25, -0.2) is 4.39 Å². The highest BCUT2D eigenvalue weighted by molar-refractivity contribution is 9.10. The zero-order valence-corrected chi connectivity index (χ0v) is 12.0. The van der Waals surface area contributed by atoms with E-state index >= 15 is 0 Å². The second-order valence-corrected chi connectivity index (χ2v) is 5.51. The third-order valence-electron chi connectivity index (χ3n) is 3.22. The average molecular weight is 331 g/mol.